The third-order valence-corrected chi connectivity index (χ3v) is 8.44. The lowest BCUT2D eigenvalue weighted by molar-refractivity contribution is 0.0731. The van der Waals surface area contributed by atoms with E-state index in [9.17, 15) is 13.5 Å². The molecule has 0 spiro atoms. The molecule has 1 N–H and O–H groups in total. The second-order valence-corrected chi connectivity index (χ2v) is 11.1. The van der Waals surface area contributed by atoms with E-state index in [1.165, 1.54) is 4.31 Å². The predicted molar refractivity (Wildman–Crippen MR) is 136 cm³/mol. The zero-order valence-electron chi connectivity index (χ0n) is 20.4. The van der Waals surface area contributed by atoms with E-state index in [-0.39, 0.29) is 30.1 Å². The van der Waals surface area contributed by atoms with E-state index in [1.807, 2.05) is 74.6 Å². The highest BCUT2D eigenvalue weighted by atomic mass is 32.2. The molecule has 8 heteroatoms. The first-order chi connectivity index (χ1) is 16.8. The SMILES string of the molecule is C[C@@H]1CN([C@@H](C)CO)S(=O)(=O)c2ccc(-c3ccccc3)cc2O[C@H]1CN(C)Cc1ccccn1. The van der Waals surface area contributed by atoms with E-state index in [2.05, 4.69) is 9.88 Å². The van der Waals surface area contributed by atoms with Crippen LogP contribution in [0, 0.1) is 5.92 Å². The van der Waals surface area contributed by atoms with E-state index in [1.54, 1.807) is 19.2 Å². The van der Waals surface area contributed by atoms with Crippen LogP contribution in [0.15, 0.2) is 77.8 Å². The zero-order chi connectivity index (χ0) is 25.0. The quantitative estimate of drug-likeness (QED) is 0.539. The van der Waals surface area contributed by atoms with Gasteiger partial charge in [-0.2, -0.15) is 4.31 Å². The van der Waals surface area contributed by atoms with Crippen LogP contribution in [0.25, 0.3) is 11.1 Å². The molecule has 2 heterocycles. The number of likely N-dealkylation sites (N-methyl/N-ethyl adjacent to an activating group) is 1. The number of benzene rings is 2. The Morgan fingerprint density at radius 3 is 2.54 bits per heavy atom. The van der Waals surface area contributed by atoms with E-state index in [4.69, 9.17) is 4.74 Å². The normalized spacial score (nSPS) is 20.9. The van der Waals surface area contributed by atoms with Crippen molar-refractivity contribution in [1.29, 1.82) is 0 Å². The summed E-state index contributed by atoms with van der Waals surface area (Å²) in [7, 11) is -1.85. The number of pyridine rings is 1. The molecular formula is C27H33N3O4S. The van der Waals surface area contributed by atoms with Gasteiger partial charge < -0.3 is 9.84 Å². The number of aromatic nitrogens is 1. The highest BCUT2D eigenvalue weighted by Crippen LogP contribution is 2.36. The van der Waals surface area contributed by atoms with Gasteiger partial charge in [0.2, 0.25) is 10.0 Å². The van der Waals surface area contributed by atoms with Crippen molar-refractivity contribution >= 4 is 10.0 Å². The van der Waals surface area contributed by atoms with Gasteiger partial charge in [0.1, 0.15) is 16.7 Å². The molecule has 4 rings (SSSR count). The molecule has 0 radical (unpaired) electrons. The topological polar surface area (TPSA) is 83.0 Å². The molecule has 1 aliphatic heterocycles. The average Bonchev–Trinajstić information content (AvgIpc) is 2.86. The van der Waals surface area contributed by atoms with Crippen molar-refractivity contribution in [2.24, 2.45) is 5.92 Å². The average molecular weight is 496 g/mol. The molecule has 0 aliphatic carbocycles. The Bertz CT molecular complexity index is 1220. The molecule has 35 heavy (non-hydrogen) atoms. The first kappa shape index (κ1) is 25.3. The van der Waals surface area contributed by atoms with Gasteiger partial charge in [-0.05, 0) is 49.4 Å². The number of fused-ring (bicyclic) bond motifs is 1. The third-order valence-electron chi connectivity index (χ3n) is 6.42. The van der Waals surface area contributed by atoms with Gasteiger partial charge in [-0.15, -0.1) is 0 Å². The Kier molecular flexibility index (Phi) is 7.86. The highest BCUT2D eigenvalue weighted by Gasteiger charge is 2.38. The second-order valence-electron chi connectivity index (χ2n) is 9.29. The minimum absolute atomic E-state index is 0.113. The standard InChI is InChI=1S/C27H33N3O4S/c1-20-16-30(21(2)19-31)35(32,33)27-13-12-23(22-9-5-4-6-10-22)15-25(27)34-26(20)18-29(3)17-24-11-7-8-14-28-24/h4-15,20-21,26,31H,16-19H2,1-3H3/t20-,21+,26+/m1/s1. The van der Waals surface area contributed by atoms with Crippen LogP contribution in [0.2, 0.25) is 0 Å². The van der Waals surface area contributed by atoms with Crippen LogP contribution >= 0.6 is 0 Å². The summed E-state index contributed by atoms with van der Waals surface area (Å²) in [6, 6.07) is 20.4. The fourth-order valence-electron chi connectivity index (χ4n) is 4.39. The van der Waals surface area contributed by atoms with E-state index in [0.717, 1.165) is 16.8 Å². The summed E-state index contributed by atoms with van der Waals surface area (Å²) in [5.74, 6) is 0.225. The summed E-state index contributed by atoms with van der Waals surface area (Å²) < 4.78 is 35.2. The monoisotopic (exact) mass is 495 g/mol. The molecule has 0 fully saturated rings. The molecular weight excluding hydrogens is 462 g/mol. The van der Waals surface area contributed by atoms with E-state index >= 15 is 0 Å². The molecule has 0 saturated carbocycles. The first-order valence-corrected chi connectivity index (χ1v) is 13.3. The van der Waals surface area contributed by atoms with Crippen molar-refractivity contribution < 1.29 is 18.3 Å². The van der Waals surface area contributed by atoms with Crippen LogP contribution in [0.5, 0.6) is 5.75 Å². The van der Waals surface area contributed by atoms with Crippen molar-refractivity contribution in [2.75, 3.05) is 26.7 Å². The van der Waals surface area contributed by atoms with Crippen LogP contribution in [-0.4, -0.2) is 66.6 Å². The number of hydrogen-bond acceptors (Lipinski definition) is 6. The third kappa shape index (κ3) is 5.73. The van der Waals surface area contributed by atoms with Crippen molar-refractivity contribution in [3.8, 4) is 16.9 Å². The molecule has 0 amide bonds. The van der Waals surface area contributed by atoms with Gasteiger partial charge in [-0.3, -0.25) is 9.88 Å². The number of aliphatic hydroxyl groups excluding tert-OH is 1. The number of ether oxygens (including phenoxy) is 1. The number of nitrogens with zero attached hydrogens (tertiary/aromatic N) is 3. The maximum Gasteiger partial charge on any atom is 0.247 e. The fourth-order valence-corrected chi connectivity index (χ4v) is 6.22. The van der Waals surface area contributed by atoms with Gasteiger partial charge in [0.25, 0.3) is 0 Å². The maximum atomic E-state index is 13.7. The van der Waals surface area contributed by atoms with Crippen molar-refractivity contribution in [3.05, 3.63) is 78.6 Å². The molecule has 1 aromatic heterocycles. The first-order valence-electron chi connectivity index (χ1n) is 11.9. The Morgan fingerprint density at radius 2 is 1.86 bits per heavy atom. The van der Waals surface area contributed by atoms with Crippen molar-refractivity contribution in [3.63, 3.8) is 0 Å². The van der Waals surface area contributed by atoms with Gasteiger partial charge >= 0.3 is 0 Å². The van der Waals surface area contributed by atoms with E-state index < -0.39 is 16.1 Å². The fraction of sp³-hybridized carbons (Fsp3) is 0.370. The van der Waals surface area contributed by atoms with Crippen molar-refractivity contribution in [1.82, 2.24) is 14.2 Å². The number of rotatable bonds is 7. The minimum atomic E-state index is -3.86. The highest BCUT2D eigenvalue weighted by molar-refractivity contribution is 7.89. The van der Waals surface area contributed by atoms with Crippen LogP contribution in [0.3, 0.4) is 0 Å². The van der Waals surface area contributed by atoms with Gasteiger partial charge in [-0.1, -0.05) is 49.4 Å². The molecule has 3 atom stereocenters. The number of aliphatic hydroxyl groups is 1. The number of hydrogen-bond donors (Lipinski definition) is 1. The Hall–Kier alpha value is -2.78. The molecule has 0 unspecified atom stereocenters. The summed E-state index contributed by atoms with van der Waals surface area (Å²) >= 11 is 0. The summed E-state index contributed by atoms with van der Waals surface area (Å²) in [6.07, 6.45) is 1.51. The van der Waals surface area contributed by atoms with Gasteiger partial charge in [0, 0.05) is 37.8 Å². The largest absolute Gasteiger partial charge is 0.487 e. The summed E-state index contributed by atoms with van der Waals surface area (Å²) in [5, 5.41) is 9.83. The molecule has 2 aromatic carbocycles. The van der Waals surface area contributed by atoms with Crippen LogP contribution in [0.4, 0.5) is 0 Å². The molecule has 0 bridgehead atoms. The van der Waals surface area contributed by atoms with Crippen LogP contribution in [0.1, 0.15) is 19.5 Å². The lowest BCUT2D eigenvalue weighted by atomic mass is 10.0. The Balaban J connectivity index is 1.72. The van der Waals surface area contributed by atoms with Gasteiger partial charge in [0.05, 0.1) is 12.3 Å². The summed E-state index contributed by atoms with van der Waals surface area (Å²) in [6.45, 7) is 4.97. The van der Waals surface area contributed by atoms with E-state index in [0.29, 0.717) is 18.8 Å². The van der Waals surface area contributed by atoms with Gasteiger partial charge in [0.15, 0.2) is 0 Å². The lowest BCUT2D eigenvalue weighted by Crippen LogP contribution is -2.49. The molecule has 1 aliphatic rings. The minimum Gasteiger partial charge on any atom is -0.487 e. The van der Waals surface area contributed by atoms with Crippen LogP contribution in [-0.2, 0) is 16.6 Å². The molecule has 0 saturated heterocycles. The van der Waals surface area contributed by atoms with Crippen LogP contribution < -0.4 is 4.74 Å². The lowest BCUT2D eigenvalue weighted by Gasteiger charge is -2.37. The summed E-state index contributed by atoms with van der Waals surface area (Å²) in [4.78, 5) is 6.68. The molecule has 3 aromatic rings. The smallest absolute Gasteiger partial charge is 0.247 e. The molecule has 7 nitrogen and oxygen atoms in total. The summed E-state index contributed by atoms with van der Waals surface area (Å²) in [5.41, 5.74) is 2.82. The number of sulfonamides is 1. The maximum absolute atomic E-state index is 13.7. The van der Waals surface area contributed by atoms with Gasteiger partial charge in [-0.25, -0.2) is 8.42 Å². The Labute approximate surface area is 208 Å². The Morgan fingerprint density at radius 1 is 1.11 bits per heavy atom. The van der Waals surface area contributed by atoms with Crippen molar-refractivity contribution in [2.45, 2.75) is 37.4 Å². The zero-order valence-corrected chi connectivity index (χ0v) is 21.2. The predicted octanol–water partition coefficient (Wildman–Crippen LogP) is 3.65. The molecule has 186 valence electrons. The second kappa shape index (κ2) is 10.9.